The zero-order valence-corrected chi connectivity index (χ0v) is 11.3. The zero-order valence-electron chi connectivity index (χ0n) is 11.3. The quantitative estimate of drug-likeness (QED) is 0.840. The van der Waals surface area contributed by atoms with E-state index in [-0.39, 0.29) is 23.7 Å². The Balaban J connectivity index is 2.85. The minimum atomic E-state index is -0.136. The monoisotopic (exact) mass is 250 g/mol. The number of amides is 1. The number of aromatic hydroxyl groups is 1. The van der Waals surface area contributed by atoms with Crippen LogP contribution in [0, 0.1) is 0 Å². The zero-order chi connectivity index (χ0) is 13.7. The highest BCUT2D eigenvalue weighted by atomic mass is 16.3. The molecule has 2 atom stereocenters. The van der Waals surface area contributed by atoms with Gasteiger partial charge in [-0.05, 0) is 38.5 Å². The number of nitrogens with two attached hydrogens (primary N) is 1. The van der Waals surface area contributed by atoms with E-state index in [1.165, 1.54) is 0 Å². The predicted octanol–water partition coefficient (Wildman–Crippen LogP) is 2.04. The summed E-state index contributed by atoms with van der Waals surface area (Å²) in [5.74, 6) is 0.262. The molecule has 4 nitrogen and oxygen atoms in total. The molecular formula is C14H22N2O2. The first-order chi connectivity index (χ1) is 8.45. The summed E-state index contributed by atoms with van der Waals surface area (Å²) in [5, 5.41) is 9.48. The van der Waals surface area contributed by atoms with Crippen LogP contribution in [0.15, 0.2) is 24.3 Å². The van der Waals surface area contributed by atoms with Crippen molar-refractivity contribution in [2.75, 3.05) is 6.54 Å². The van der Waals surface area contributed by atoms with Crippen LogP contribution in [0.3, 0.4) is 0 Å². The third-order valence-corrected chi connectivity index (χ3v) is 2.98. The molecule has 1 amide bonds. The maximum absolute atomic E-state index is 12.1. The molecule has 0 aliphatic heterocycles. The van der Waals surface area contributed by atoms with Gasteiger partial charge in [0.1, 0.15) is 5.75 Å². The van der Waals surface area contributed by atoms with E-state index >= 15 is 0 Å². The van der Waals surface area contributed by atoms with Gasteiger partial charge in [0.25, 0.3) is 0 Å². The lowest BCUT2D eigenvalue weighted by Gasteiger charge is -2.29. The summed E-state index contributed by atoms with van der Waals surface area (Å²) >= 11 is 0. The SMILES string of the molecule is CCN(C(=O)CC(C)N)C(C)c1cccc(O)c1. The molecule has 100 valence electrons. The van der Waals surface area contributed by atoms with E-state index < -0.39 is 0 Å². The molecule has 3 N–H and O–H groups in total. The van der Waals surface area contributed by atoms with Crippen LogP contribution < -0.4 is 5.73 Å². The molecule has 0 fully saturated rings. The lowest BCUT2D eigenvalue weighted by atomic mass is 10.1. The van der Waals surface area contributed by atoms with Gasteiger partial charge in [-0.2, -0.15) is 0 Å². The van der Waals surface area contributed by atoms with Gasteiger partial charge in [0.2, 0.25) is 5.91 Å². The molecule has 0 aliphatic carbocycles. The van der Waals surface area contributed by atoms with Gasteiger partial charge in [0, 0.05) is 19.0 Å². The molecule has 4 heteroatoms. The van der Waals surface area contributed by atoms with Crippen LogP contribution >= 0.6 is 0 Å². The molecular weight excluding hydrogens is 228 g/mol. The molecule has 2 unspecified atom stereocenters. The summed E-state index contributed by atoms with van der Waals surface area (Å²) in [6.07, 6.45) is 0.344. The van der Waals surface area contributed by atoms with Gasteiger partial charge in [0.15, 0.2) is 0 Å². The van der Waals surface area contributed by atoms with Crippen LogP contribution in [0.25, 0.3) is 0 Å². The van der Waals surface area contributed by atoms with Crippen molar-refractivity contribution in [3.8, 4) is 5.75 Å². The van der Waals surface area contributed by atoms with Crippen LogP contribution in [0.5, 0.6) is 5.75 Å². The van der Waals surface area contributed by atoms with Crippen molar-refractivity contribution in [3.63, 3.8) is 0 Å². The first-order valence-corrected chi connectivity index (χ1v) is 6.29. The third-order valence-electron chi connectivity index (χ3n) is 2.98. The van der Waals surface area contributed by atoms with E-state index in [1.54, 1.807) is 23.1 Å². The molecule has 0 bridgehead atoms. The second kappa shape index (κ2) is 6.40. The Morgan fingerprint density at radius 3 is 2.61 bits per heavy atom. The van der Waals surface area contributed by atoms with Crippen molar-refractivity contribution in [1.29, 1.82) is 0 Å². The molecule has 0 saturated carbocycles. The topological polar surface area (TPSA) is 66.6 Å². The smallest absolute Gasteiger partial charge is 0.224 e. The predicted molar refractivity (Wildman–Crippen MR) is 72.2 cm³/mol. The normalized spacial score (nSPS) is 14.0. The van der Waals surface area contributed by atoms with E-state index in [0.717, 1.165) is 5.56 Å². The Labute approximate surface area is 108 Å². The highest BCUT2D eigenvalue weighted by molar-refractivity contribution is 5.77. The lowest BCUT2D eigenvalue weighted by molar-refractivity contribution is -0.133. The molecule has 1 rings (SSSR count). The van der Waals surface area contributed by atoms with E-state index in [4.69, 9.17) is 5.73 Å². The number of nitrogens with zero attached hydrogens (tertiary/aromatic N) is 1. The number of carbonyl (C=O) groups is 1. The van der Waals surface area contributed by atoms with E-state index in [2.05, 4.69) is 0 Å². The summed E-state index contributed by atoms with van der Waals surface area (Å²) in [5.41, 5.74) is 6.59. The van der Waals surface area contributed by atoms with Gasteiger partial charge in [-0.3, -0.25) is 4.79 Å². The van der Waals surface area contributed by atoms with Crippen LogP contribution in [0.2, 0.25) is 0 Å². The largest absolute Gasteiger partial charge is 0.508 e. The molecule has 0 spiro atoms. The fraction of sp³-hybridized carbons (Fsp3) is 0.500. The highest BCUT2D eigenvalue weighted by Crippen LogP contribution is 2.23. The third kappa shape index (κ3) is 3.74. The fourth-order valence-corrected chi connectivity index (χ4v) is 2.02. The molecule has 1 aromatic carbocycles. The average molecular weight is 250 g/mol. The standard InChI is InChI=1S/C14H22N2O2/c1-4-16(14(18)8-10(2)15)11(3)12-6-5-7-13(17)9-12/h5-7,9-11,17H,4,8,15H2,1-3H3. The van der Waals surface area contributed by atoms with Crippen LogP contribution in [0.4, 0.5) is 0 Å². The van der Waals surface area contributed by atoms with E-state index in [9.17, 15) is 9.90 Å². The van der Waals surface area contributed by atoms with E-state index in [1.807, 2.05) is 26.8 Å². The summed E-state index contributed by atoms with van der Waals surface area (Å²) in [7, 11) is 0. The maximum atomic E-state index is 12.1. The minimum absolute atomic E-state index is 0.0448. The molecule has 0 aromatic heterocycles. The second-order valence-corrected chi connectivity index (χ2v) is 4.63. The van der Waals surface area contributed by atoms with Gasteiger partial charge >= 0.3 is 0 Å². The number of benzene rings is 1. The van der Waals surface area contributed by atoms with Crippen molar-refractivity contribution in [2.45, 2.75) is 39.3 Å². The van der Waals surface area contributed by atoms with Gasteiger partial charge in [0.05, 0.1) is 6.04 Å². The summed E-state index contributed by atoms with van der Waals surface area (Å²) < 4.78 is 0. The molecule has 0 aliphatic rings. The van der Waals surface area contributed by atoms with Gasteiger partial charge in [-0.1, -0.05) is 12.1 Å². The number of hydrogen-bond donors (Lipinski definition) is 2. The van der Waals surface area contributed by atoms with Crippen molar-refractivity contribution in [3.05, 3.63) is 29.8 Å². The van der Waals surface area contributed by atoms with Gasteiger partial charge < -0.3 is 15.7 Å². The summed E-state index contributed by atoms with van der Waals surface area (Å²) in [6.45, 7) is 6.35. The average Bonchev–Trinajstić information content (AvgIpc) is 2.28. The van der Waals surface area contributed by atoms with Crippen LogP contribution in [-0.4, -0.2) is 28.5 Å². The van der Waals surface area contributed by atoms with Crippen LogP contribution in [-0.2, 0) is 4.79 Å². The Morgan fingerprint density at radius 1 is 1.44 bits per heavy atom. The summed E-state index contributed by atoms with van der Waals surface area (Å²) in [6, 6.07) is 6.80. The minimum Gasteiger partial charge on any atom is -0.508 e. The van der Waals surface area contributed by atoms with Gasteiger partial charge in [-0.25, -0.2) is 0 Å². The Morgan fingerprint density at radius 2 is 2.11 bits per heavy atom. The van der Waals surface area contributed by atoms with Crippen molar-refractivity contribution < 1.29 is 9.90 Å². The number of phenols is 1. The second-order valence-electron chi connectivity index (χ2n) is 4.63. The van der Waals surface area contributed by atoms with Gasteiger partial charge in [-0.15, -0.1) is 0 Å². The van der Waals surface area contributed by atoms with Crippen molar-refractivity contribution >= 4 is 5.91 Å². The molecule has 0 saturated heterocycles. The first-order valence-electron chi connectivity index (χ1n) is 6.29. The summed E-state index contributed by atoms with van der Waals surface area (Å²) in [4.78, 5) is 13.8. The Bertz CT molecular complexity index is 405. The first kappa shape index (κ1) is 14.5. The number of hydrogen-bond acceptors (Lipinski definition) is 3. The molecule has 1 aromatic rings. The Hall–Kier alpha value is -1.55. The lowest BCUT2D eigenvalue weighted by Crippen LogP contribution is -2.36. The number of rotatable bonds is 5. The Kier molecular flexibility index (Phi) is 5.16. The van der Waals surface area contributed by atoms with Crippen molar-refractivity contribution in [1.82, 2.24) is 4.90 Å². The number of carbonyl (C=O) groups excluding carboxylic acids is 1. The maximum Gasteiger partial charge on any atom is 0.224 e. The molecule has 18 heavy (non-hydrogen) atoms. The fourth-order valence-electron chi connectivity index (χ4n) is 2.02. The van der Waals surface area contributed by atoms with E-state index in [0.29, 0.717) is 13.0 Å². The molecule has 0 radical (unpaired) electrons. The van der Waals surface area contributed by atoms with Crippen LogP contribution in [0.1, 0.15) is 38.8 Å². The molecule has 0 heterocycles. The highest BCUT2D eigenvalue weighted by Gasteiger charge is 2.20. The van der Waals surface area contributed by atoms with Crippen molar-refractivity contribution in [2.24, 2.45) is 5.73 Å². The number of phenolic OH excluding ortho intramolecular Hbond substituents is 1.